The Morgan fingerprint density at radius 2 is 2.00 bits per heavy atom. The highest BCUT2D eigenvalue weighted by molar-refractivity contribution is 6.06. The Bertz CT molecular complexity index is 1140. The van der Waals surface area contributed by atoms with Crippen molar-refractivity contribution in [2.75, 3.05) is 17.3 Å². The number of nitrogens with zero attached hydrogens (tertiary/aromatic N) is 1. The van der Waals surface area contributed by atoms with Gasteiger partial charge in [-0.15, -0.1) is 0 Å². The maximum absolute atomic E-state index is 13.1. The highest BCUT2D eigenvalue weighted by Gasteiger charge is 2.35. The zero-order chi connectivity index (χ0) is 23.3. The molecule has 0 aliphatic carbocycles. The fourth-order valence-electron chi connectivity index (χ4n) is 3.98. The smallest absolute Gasteiger partial charge is 0.416 e. The van der Waals surface area contributed by atoms with Crippen LogP contribution in [0.5, 0.6) is 5.75 Å². The molecule has 0 atom stereocenters. The molecule has 2 aliphatic rings. The van der Waals surface area contributed by atoms with Gasteiger partial charge in [-0.05, 0) is 43.7 Å². The highest BCUT2D eigenvalue weighted by Crippen LogP contribution is 2.43. The minimum absolute atomic E-state index is 0.0940. The van der Waals surface area contributed by atoms with E-state index in [9.17, 15) is 22.8 Å². The topological polar surface area (TPSA) is 70.7 Å². The number of ether oxygens (including phenoxy) is 1. The largest absolute Gasteiger partial charge is 0.487 e. The van der Waals surface area contributed by atoms with E-state index in [1.54, 1.807) is 39.1 Å². The highest BCUT2D eigenvalue weighted by atomic mass is 19.4. The molecule has 6 nitrogen and oxygen atoms in total. The van der Waals surface area contributed by atoms with Crippen molar-refractivity contribution in [2.45, 2.75) is 38.6 Å². The second-order valence-electron chi connectivity index (χ2n) is 8.43. The predicted molar refractivity (Wildman–Crippen MR) is 114 cm³/mol. The Hall–Kier alpha value is -3.49. The summed E-state index contributed by atoms with van der Waals surface area (Å²) < 4.78 is 45.1. The van der Waals surface area contributed by atoms with Crippen molar-refractivity contribution in [3.8, 4) is 5.75 Å². The van der Waals surface area contributed by atoms with Crippen LogP contribution < -0.4 is 20.3 Å². The Labute approximate surface area is 183 Å². The number of hydrogen-bond acceptors (Lipinski definition) is 3. The van der Waals surface area contributed by atoms with Crippen LogP contribution in [-0.2, 0) is 17.5 Å². The molecule has 2 heterocycles. The van der Waals surface area contributed by atoms with E-state index in [-0.39, 0.29) is 18.3 Å². The zero-order valence-corrected chi connectivity index (χ0v) is 17.8. The SMILES string of the molecule is CN1C(=O)NCc2c(NC(=O)/C=C3\CC(C)(C)Oc4cc(C(F)(F)F)ccc43)cccc21. The van der Waals surface area contributed by atoms with Crippen molar-refractivity contribution in [2.24, 2.45) is 0 Å². The van der Waals surface area contributed by atoms with Crippen LogP contribution in [0.15, 0.2) is 42.5 Å². The van der Waals surface area contributed by atoms with Gasteiger partial charge in [-0.25, -0.2) is 4.79 Å². The molecule has 0 saturated heterocycles. The lowest BCUT2D eigenvalue weighted by Crippen LogP contribution is -2.41. The quantitative estimate of drug-likeness (QED) is 0.643. The van der Waals surface area contributed by atoms with Gasteiger partial charge in [-0.1, -0.05) is 12.1 Å². The van der Waals surface area contributed by atoms with E-state index in [1.807, 2.05) is 0 Å². The standard InChI is InChI=1S/C23H22F3N3O3/c1-22(2)11-13(15-8-7-14(23(24,25)26)10-19(15)32-22)9-20(30)28-17-5-4-6-18-16(17)12-27-21(31)29(18)3/h4-10H,11-12H2,1-3H3,(H,27,31)(H,28,30)/b13-9+. The first kappa shape index (κ1) is 21.7. The van der Waals surface area contributed by atoms with Crippen molar-refractivity contribution < 1.29 is 27.5 Å². The summed E-state index contributed by atoms with van der Waals surface area (Å²) in [4.78, 5) is 26.2. The molecule has 0 bridgehead atoms. The van der Waals surface area contributed by atoms with Gasteiger partial charge >= 0.3 is 12.2 Å². The molecular formula is C23H22F3N3O3. The van der Waals surface area contributed by atoms with Crippen molar-refractivity contribution in [3.05, 3.63) is 59.2 Å². The number of anilines is 2. The summed E-state index contributed by atoms with van der Waals surface area (Å²) in [6.07, 6.45) is -2.75. The number of carbonyl (C=O) groups excluding carboxylic acids is 2. The molecule has 32 heavy (non-hydrogen) atoms. The molecule has 0 fully saturated rings. The first-order valence-electron chi connectivity index (χ1n) is 10.0. The summed E-state index contributed by atoms with van der Waals surface area (Å²) in [5.41, 5.74) is 1.46. The van der Waals surface area contributed by atoms with Crippen LogP contribution in [0.25, 0.3) is 5.57 Å². The van der Waals surface area contributed by atoms with E-state index < -0.39 is 23.2 Å². The molecule has 0 unspecified atom stereocenters. The van der Waals surface area contributed by atoms with E-state index in [4.69, 9.17) is 4.74 Å². The number of carbonyl (C=O) groups is 2. The number of nitrogens with one attached hydrogen (secondary N) is 2. The number of urea groups is 1. The Morgan fingerprint density at radius 3 is 2.72 bits per heavy atom. The molecule has 2 aromatic carbocycles. The average molecular weight is 445 g/mol. The number of rotatable bonds is 2. The van der Waals surface area contributed by atoms with Gasteiger partial charge in [0.25, 0.3) is 0 Å². The van der Waals surface area contributed by atoms with Crippen LogP contribution in [0.2, 0.25) is 0 Å². The molecule has 2 aliphatic heterocycles. The molecule has 2 aromatic rings. The van der Waals surface area contributed by atoms with Crippen LogP contribution in [0, 0.1) is 0 Å². The number of benzene rings is 2. The van der Waals surface area contributed by atoms with E-state index in [1.165, 1.54) is 17.0 Å². The zero-order valence-electron chi connectivity index (χ0n) is 17.8. The Morgan fingerprint density at radius 1 is 1.25 bits per heavy atom. The number of alkyl halides is 3. The maximum atomic E-state index is 13.1. The maximum Gasteiger partial charge on any atom is 0.416 e. The average Bonchev–Trinajstić information content (AvgIpc) is 2.69. The summed E-state index contributed by atoms with van der Waals surface area (Å²) >= 11 is 0. The van der Waals surface area contributed by atoms with Crippen LogP contribution in [-0.4, -0.2) is 24.6 Å². The summed E-state index contributed by atoms with van der Waals surface area (Å²) in [6.45, 7) is 3.79. The van der Waals surface area contributed by atoms with E-state index in [2.05, 4.69) is 10.6 Å². The monoisotopic (exact) mass is 445 g/mol. The molecule has 0 spiro atoms. The number of halogens is 3. The second-order valence-corrected chi connectivity index (χ2v) is 8.43. The first-order valence-corrected chi connectivity index (χ1v) is 10.0. The van der Waals surface area contributed by atoms with Gasteiger partial charge < -0.3 is 15.4 Å². The fraction of sp³-hybridized carbons (Fsp3) is 0.304. The molecule has 9 heteroatoms. The number of hydrogen-bond donors (Lipinski definition) is 2. The van der Waals surface area contributed by atoms with Gasteiger partial charge in [-0.3, -0.25) is 9.69 Å². The molecule has 0 aromatic heterocycles. The summed E-state index contributed by atoms with van der Waals surface area (Å²) in [7, 11) is 1.64. The van der Waals surface area contributed by atoms with Crippen molar-refractivity contribution >= 4 is 28.9 Å². The third-order valence-corrected chi connectivity index (χ3v) is 5.45. The van der Waals surface area contributed by atoms with E-state index in [0.717, 1.165) is 17.7 Å². The predicted octanol–water partition coefficient (Wildman–Crippen LogP) is 4.95. The second kappa shape index (κ2) is 7.58. The van der Waals surface area contributed by atoms with E-state index in [0.29, 0.717) is 28.9 Å². The van der Waals surface area contributed by atoms with Crippen molar-refractivity contribution in [1.82, 2.24) is 5.32 Å². The van der Waals surface area contributed by atoms with Gasteiger partial charge in [0.1, 0.15) is 11.4 Å². The lowest BCUT2D eigenvalue weighted by molar-refractivity contribution is -0.137. The van der Waals surface area contributed by atoms with E-state index >= 15 is 0 Å². The van der Waals surface area contributed by atoms with Crippen molar-refractivity contribution in [1.29, 1.82) is 0 Å². The van der Waals surface area contributed by atoms with Gasteiger partial charge in [-0.2, -0.15) is 13.2 Å². The lowest BCUT2D eigenvalue weighted by Gasteiger charge is -2.34. The fourth-order valence-corrected chi connectivity index (χ4v) is 3.98. The molecule has 2 N–H and O–H groups in total. The Balaban J connectivity index is 1.65. The lowest BCUT2D eigenvalue weighted by atomic mass is 9.88. The summed E-state index contributed by atoms with van der Waals surface area (Å²) in [6, 6.07) is 8.31. The summed E-state index contributed by atoms with van der Waals surface area (Å²) in [5.74, 6) is -0.326. The number of fused-ring (bicyclic) bond motifs is 2. The molecule has 3 amide bonds. The molecule has 0 saturated carbocycles. The first-order chi connectivity index (χ1) is 14.9. The van der Waals surface area contributed by atoms with Gasteiger partial charge in [0.05, 0.1) is 11.3 Å². The van der Waals surface area contributed by atoms with Gasteiger partial charge in [0.15, 0.2) is 0 Å². The van der Waals surface area contributed by atoms with Crippen molar-refractivity contribution in [3.63, 3.8) is 0 Å². The molecule has 4 rings (SSSR count). The molecule has 0 radical (unpaired) electrons. The van der Waals surface area contributed by atoms with Gasteiger partial charge in [0.2, 0.25) is 5.91 Å². The van der Waals surface area contributed by atoms with Crippen LogP contribution in [0.4, 0.5) is 29.3 Å². The minimum atomic E-state index is -4.49. The third-order valence-electron chi connectivity index (χ3n) is 5.45. The van der Waals surface area contributed by atoms with Crippen LogP contribution in [0.3, 0.4) is 0 Å². The third kappa shape index (κ3) is 4.15. The molecular weight excluding hydrogens is 423 g/mol. The summed E-state index contributed by atoms with van der Waals surface area (Å²) in [5, 5.41) is 5.57. The van der Waals surface area contributed by atoms with Crippen LogP contribution in [0.1, 0.15) is 37.0 Å². The number of amides is 3. The minimum Gasteiger partial charge on any atom is -0.487 e. The van der Waals surface area contributed by atoms with Gasteiger partial charge in [0, 0.05) is 42.9 Å². The Kier molecular flexibility index (Phi) is 5.15. The molecule has 168 valence electrons. The van der Waals surface area contributed by atoms with Crippen LogP contribution >= 0.6 is 0 Å². The normalized spacial score (nSPS) is 18.4.